The third kappa shape index (κ3) is 3.82. The van der Waals surface area contributed by atoms with Gasteiger partial charge in [-0.1, -0.05) is 0 Å². The molecule has 1 fully saturated rings. The van der Waals surface area contributed by atoms with E-state index < -0.39 is 0 Å². The summed E-state index contributed by atoms with van der Waals surface area (Å²) in [6, 6.07) is 2.09. The molecule has 1 aliphatic rings. The molecule has 20 heavy (non-hydrogen) atoms. The average molecular weight is 278 g/mol. The predicted octanol–water partition coefficient (Wildman–Crippen LogP) is 2.10. The molecule has 2 rings (SSSR count). The Morgan fingerprint density at radius 1 is 1.40 bits per heavy atom. The van der Waals surface area contributed by atoms with Crippen molar-refractivity contribution in [1.29, 1.82) is 0 Å². The van der Waals surface area contributed by atoms with Crippen LogP contribution in [0.5, 0.6) is 0 Å². The van der Waals surface area contributed by atoms with Gasteiger partial charge in [-0.2, -0.15) is 4.98 Å². The van der Waals surface area contributed by atoms with Crippen molar-refractivity contribution >= 4 is 11.8 Å². The Labute approximate surface area is 122 Å². The van der Waals surface area contributed by atoms with Gasteiger partial charge >= 0.3 is 0 Å². The second-order valence-electron chi connectivity index (χ2n) is 5.80. The van der Waals surface area contributed by atoms with Crippen molar-refractivity contribution in [3.8, 4) is 0 Å². The number of hydrogen-bond donors (Lipinski definition) is 0. The van der Waals surface area contributed by atoms with Gasteiger partial charge in [0.25, 0.3) is 0 Å². The van der Waals surface area contributed by atoms with E-state index in [1.54, 1.807) is 7.11 Å². The minimum Gasteiger partial charge on any atom is -0.385 e. The Balaban J connectivity index is 2.10. The molecular formula is C15H26N4O. The molecule has 0 bridgehead atoms. The lowest BCUT2D eigenvalue weighted by atomic mass is 9.95. The van der Waals surface area contributed by atoms with E-state index >= 15 is 0 Å². The van der Waals surface area contributed by atoms with Crippen LogP contribution in [0.1, 0.15) is 25.0 Å². The van der Waals surface area contributed by atoms with E-state index in [9.17, 15) is 0 Å². The molecule has 0 aromatic carbocycles. The molecule has 1 unspecified atom stereocenters. The van der Waals surface area contributed by atoms with Crippen molar-refractivity contribution < 1.29 is 4.74 Å². The summed E-state index contributed by atoms with van der Waals surface area (Å²) >= 11 is 0. The standard InChI is InChI=1S/C15H26N4O/c1-12-10-14(17-15(16-12)18(2)3)19-8-5-6-13(11-19)7-9-20-4/h10,13H,5-9,11H2,1-4H3. The fourth-order valence-corrected chi connectivity index (χ4v) is 2.69. The molecule has 1 aliphatic heterocycles. The lowest BCUT2D eigenvalue weighted by Gasteiger charge is -2.34. The first kappa shape index (κ1) is 15.0. The van der Waals surface area contributed by atoms with Gasteiger partial charge in [-0.15, -0.1) is 0 Å². The molecule has 0 spiro atoms. The third-order valence-electron chi connectivity index (χ3n) is 3.80. The molecule has 0 saturated carbocycles. The van der Waals surface area contributed by atoms with Crippen molar-refractivity contribution in [2.45, 2.75) is 26.2 Å². The van der Waals surface area contributed by atoms with E-state index in [1.807, 2.05) is 25.9 Å². The van der Waals surface area contributed by atoms with Crippen LogP contribution in [0.2, 0.25) is 0 Å². The van der Waals surface area contributed by atoms with E-state index in [0.29, 0.717) is 5.92 Å². The Morgan fingerprint density at radius 2 is 2.20 bits per heavy atom. The molecule has 5 heteroatoms. The quantitative estimate of drug-likeness (QED) is 0.825. The van der Waals surface area contributed by atoms with Gasteiger partial charge < -0.3 is 14.5 Å². The van der Waals surface area contributed by atoms with Crippen molar-refractivity contribution in [1.82, 2.24) is 9.97 Å². The van der Waals surface area contributed by atoms with Gasteiger partial charge in [-0.25, -0.2) is 4.98 Å². The van der Waals surface area contributed by atoms with Crippen LogP contribution >= 0.6 is 0 Å². The van der Waals surface area contributed by atoms with Crippen LogP contribution in [-0.4, -0.2) is 50.9 Å². The first-order valence-electron chi connectivity index (χ1n) is 7.37. The van der Waals surface area contributed by atoms with Crippen LogP contribution in [0.25, 0.3) is 0 Å². The van der Waals surface area contributed by atoms with Crippen LogP contribution in [0.3, 0.4) is 0 Å². The zero-order valence-corrected chi connectivity index (χ0v) is 13.1. The van der Waals surface area contributed by atoms with Crippen molar-refractivity contribution in [2.75, 3.05) is 50.7 Å². The number of aryl methyl sites for hydroxylation is 1. The lowest BCUT2D eigenvalue weighted by Crippen LogP contribution is -2.36. The monoisotopic (exact) mass is 278 g/mol. The number of methoxy groups -OCH3 is 1. The zero-order chi connectivity index (χ0) is 14.5. The van der Waals surface area contributed by atoms with Gasteiger partial charge in [0.15, 0.2) is 0 Å². The second-order valence-corrected chi connectivity index (χ2v) is 5.80. The van der Waals surface area contributed by atoms with Gasteiger partial charge in [-0.05, 0) is 32.1 Å². The average Bonchev–Trinajstić information content (AvgIpc) is 2.44. The maximum absolute atomic E-state index is 5.20. The molecule has 0 N–H and O–H groups in total. The molecule has 5 nitrogen and oxygen atoms in total. The fraction of sp³-hybridized carbons (Fsp3) is 0.733. The molecule has 1 atom stereocenters. The van der Waals surface area contributed by atoms with Gasteiger partial charge in [0.1, 0.15) is 5.82 Å². The Kier molecular flexibility index (Phi) is 5.17. The molecule has 1 aromatic heterocycles. The summed E-state index contributed by atoms with van der Waals surface area (Å²) in [6.07, 6.45) is 3.66. The summed E-state index contributed by atoms with van der Waals surface area (Å²) < 4.78 is 5.20. The lowest BCUT2D eigenvalue weighted by molar-refractivity contribution is 0.172. The highest BCUT2D eigenvalue weighted by atomic mass is 16.5. The highest BCUT2D eigenvalue weighted by molar-refractivity contribution is 5.45. The number of rotatable bonds is 5. The van der Waals surface area contributed by atoms with Gasteiger partial charge in [-0.3, -0.25) is 0 Å². The maximum atomic E-state index is 5.20. The molecule has 1 aromatic rings. The van der Waals surface area contributed by atoms with Crippen LogP contribution in [-0.2, 0) is 4.74 Å². The Hall–Kier alpha value is -1.36. The third-order valence-corrected chi connectivity index (χ3v) is 3.80. The van der Waals surface area contributed by atoms with E-state index in [0.717, 1.165) is 43.6 Å². The largest absolute Gasteiger partial charge is 0.385 e. The number of hydrogen-bond acceptors (Lipinski definition) is 5. The van der Waals surface area contributed by atoms with E-state index in [4.69, 9.17) is 4.74 Å². The van der Waals surface area contributed by atoms with Gasteiger partial charge in [0.2, 0.25) is 5.95 Å². The summed E-state index contributed by atoms with van der Waals surface area (Å²) in [4.78, 5) is 13.5. The number of piperidine rings is 1. The van der Waals surface area contributed by atoms with Crippen molar-refractivity contribution in [3.05, 3.63) is 11.8 Å². The minimum atomic E-state index is 0.710. The number of nitrogens with zero attached hydrogens (tertiary/aromatic N) is 4. The highest BCUT2D eigenvalue weighted by Crippen LogP contribution is 2.25. The predicted molar refractivity (Wildman–Crippen MR) is 82.5 cm³/mol. The van der Waals surface area contributed by atoms with Gasteiger partial charge in [0, 0.05) is 52.7 Å². The number of anilines is 2. The van der Waals surface area contributed by atoms with Crippen LogP contribution in [0.15, 0.2) is 6.07 Å². The number of ether oxygens (including phenoxy) is 1. The normalized spacial score (nSPS) is 19.2. The molecule has 0 amide bonds. The summed E-state index contributed by atoms with van der Waals surface area (Å²) in [5.41, 5.74) is 1.03. The Bertz CT molecular complexity index is 436. The molecule has 112 valence electrons. The van der Waals surface area contributed by atoms with Crippen molar-refractivity contribution in [2.24, 2.45) is 5.92 Å². The second kappa shape index (κ2) is 6.88. The van der Waals surface area contributed by atoms with Crippen molar-refractivity contribution in [3.63, 3.8) is 0 Å². The van der Waals surface area contributed by atoms with Crippen LogP contribution in [0.4, 0.5) is 11.8 Å². The minimum absolute atomic E-state index is 0.710. The van der Waals surface area contributed by atoms with E-state index in [2.05, 4.69) is 20.9 Å². The molecule has 2 heterocycles. The van der Waals surface area contributed by atoms with Crippen LogP contribution in [0, 0.1) is 12.8 Å². The van der Waals surface area contributed by atoms with E-state index in [-0.39, 0.29) is 0 Å². The fourth-order valence-electron chi connectivity index (χ4n) is 2.69. The molecule has 0 radical (unpaired) electrons. The highest BCUT2D eigenvalue weighted by Gasteiger charge is 2.21. The Morgan fingerprint density at radius 3 is 2.90 bits per heavy atom. The summed E-state index contributed by atoms with van der Waals surface area (Å²) in [7, 11) is 5.74. The number of aromatic nitrogens is 2. The summed E-state index contributed by atoms with van der Waals surface area (Å²) in [6.45, 7) is 5.05. The SMILES string of the molecule is COCCC1CCCN(c2cc(C)nc(N(C)C)n2)C1. The first-order valence-corrected chi connectivity index (χ1v) is 7.37. The summed E-state index contributed by atoms with van der Waals surface area (Å²) in [5, 5.41) is 0. The van der Waals surface area contributed by atoms with Crippen LogP contribution < -0.4 is 9.80 Å². The summed E-state index contributed by atoms with van der Waals surface area (Å²) in [5.74, 6) is 2.56. The smallest absolute Gasteiger partial charge is 0.226 e. The van der Waals surface area contributed by atoms with Gasteiger partial charge in [0.05, 0.1) is 0 Å². The topological polar surface area (TPSA) is 41.5 Å². The first-order chi connectivity index (χ1) is 9.60. The maximum Gasteiger partial charge on any atom is 0.226 e. The molecular weight excluding hydrogens is 252 g/mol. The zero-order valence-electron chi connectivity index (χ0n) is 13.1. The molecule has 0 aliphatic carbocycles. The molecule has 1 saturated heterocycles. The van der Waals surface area contributed by atoms with E-state index in [1.165, 1.54) is 12.8 Å².